The fourth-order valence-electron chi connectivity index (χ4n) is 3.04. The summed E-state index contributed by atoms with van der Waals surface area (Å²) in [6, 6.07) is 3.25. The van der Waals surface area contributed by atoms with Crippen LogP contribution in [0.3, 0.4) is 0 Å². The third-order valence-corrected chi connectivity index (χ3v) is 4.32. The van der Waals surface area contributed by atoms with Crippen LogP contribution in [0.25, 0.3) is 11.1 Å². The van der Waals surface area contributed by atoms with Crippen molar-refractivity contribution in [2.24, 2.45) is 0 Å². The first kappa shape index (κ1) is 28.8. The molecule has 2 aromatic rings. The number of esters is 6. The highest BCUT2D eigenvalue weighted by molar-refractivity contribution is 6.34. The SMILES string of the molecule is CC(=O)Oc1cc(OC(C)=O)c(-c2c(OC(C)=O)cc(OC(C)=O)c(Cl)c2OC(C)=O)c(OC(C)=O)c1. The maximum Gasteiger partial charge on any atom is 0.308 e. The van der Waals surface area contributed by atoms with Gasteiger partial charge in [-0.2, -0.15) is 0 Å². The van der Waals surface area contributed by atoms with Crippen molar-refractivity contribution < 1.29 is 57.2 Å². The van der Waals surface area contributed by atoms with Crippen LogP contribution in [0.4, 0.5) is 0 Å². The third kappa shape index (κ3) is 7.77. The average Bonchev–Trinajstić information content (AvgIpc) is 2.70. The molecule has 0 heterocycles. The second kappa shape index (κ2) is 12.0. The smallest absolute Gasteiger partial charge is 0.308 e. The van der Waals surface area contributed by atoms with Gasteiger partial charge in [0, 0.05) is 59.7 Å². The number of hydrogen-bond acceptors (Lipinski definition) is 12. The number of benzene rings is 2. The number of carbonyl (C=O) groups is 6. The van der Waals surface area contributed by atoms with Crippen LogP contribution in [0.2, 0.25) is 5.02 Å². The Morgan fingerprint density at radius 3 is 1.22 bits per heavy atom. The van der Waals surface area contributed by atoms with Crippen molar-refractivity contribution in [3.8, 4) is 45.6 Å². The van der Waals surface area contributed by atoms with Crippen molar-refractivity contribution >= 4 is 47.4 Å². The first-order valence-corrected chi connectivity index (χ1v) is 10.7. The zero-order valence-corrected chi connectivity index (χ0v) is 21.3. The van der Waals surface area contributed by atoms with Gasteiger partial charge in [0.2, 0.25) is 0 Å². The molecule has 0 aliphatic rings. The lowest BCUT2D eigenvalue weighted by molar-refractivity contribution is -0.133. The van der Waals surface area contributed by atoms with E-state index in [9.17, 15) is 28.8 Å². The average molecular weight is 537 g/mol. The van der Waals surface area contributed by atoms with Crippen molar-refractivity contribution in [2.75, 3.05) is 0 Å². The largest absolute Gasteiger partial charge is 0.426 e. The minimum absolute atomic E-state index is 0.186. The first-order valence-electron chi connectivity index (χ1n) is 10.3. The Morgan fingerprint density at radius 2 is 0.838 bits per heavy atom. The highest BCUT2D eigenvalue weighted by Crippen LogP contribution is 2.54. The van der Waals surface area contributed by atoms with E-state index in [-0.39, 0.29) is 39.9 Å². The molecule has 0 radical (unpaired) electrons. The number of rotatable bonds is 7. The zero-order chi connectivity index (χ0) is 28.0. The van der Waals surface area contributed by atoms with Gasteiger partial charge < -0.3 is 28.4 Å². The summed E-state index contributed by atoms with van der Waals surface area (Å²) in [5.41, 5.74) is -0.557. The van der Waals surface area contributed by atoms with Gasteiger partial charge in [-0.1, -0.05) is 11.6 Å². The summed E-state index contributed by atoms with van der Waals surface area (Å²) in [5, 5.41) is -0.414. The zero-order valence-electron chi connectivity index (χ0n) is 20.5. The van der Waals surface area contributed by atoms with Gasteiger partial charge in [0.05, 0.1) is 11.1 Å². The van der Waals surface area contributed by atoms with Gasteiger partial charge in [0.15, 0.2) is 11.5 Å². The Morgan fingerprint density at radius 1 is 0.486 bits per heavy atom. The summed E-state index contributed by atoms with van der Waals surface area (Å²) in [7, 11) is 0. The van der Waals surface area contributed by atoms with Crippen LogP contribution >= 0.6 is 11.6 Å². The summed E-state index contributed by atoms with van der Waals surface area (Å²) in [6.45, 7) is 6.39. The van der Waals surface area contributed by atoms with Gasteiger partial charge in [0.25, 0.3) is 0 Å². The lowest BCUT2D eigenvalue weighted by Gasteiger charge is -2.21. The summed E-state index contributed by atoms with van der Waals surface area (Å²) >= 11 is 6.40. The van der Waals surface area contributed by atoms with E-state index in [1.54, 1.807) is 0 Å². The molecule has 37 heavy (non-hydrogen) atoms. The third-order valence-electron chi connectivity index (χ3n) is 3.96. The Bertz CT molecular complexity index is 1270. The van der Waals surface area contributed by atoms with E-state index < -0.39 is 46.6 Å². The van der Waals surface area contributed by atoms with E-state index in [0.717, 1.165) is 59.7 Å². The number of halogens is 1. The first-order chi connectivity index (χ1) is 17.2. The predicted molar refractivity (Wildman–Crippen MR) is 125 cm³/mol. The maximum atomic E-state index is 12.0. The molecule has 0 spiro atoms. The Hall–Kier alpha value is -4.45. The minimum atomic E-state index is -0.892. The highest BCUT2D eigenvalue weighted by atomic mass is 35.5. The van der Waals surface area contributed by atoms with Crippen molar-refractivity contribution in [2.45, 2.75) is 41.5 Å². The molecule has 12 nitrogen and oxygen atoms in total. The second-order valence-electron chi connectivity index (χ2n) is 7.25. The molecule has 0 saturated carbocycles. The molecule has 2 rings (SSSR count). The van der Waals surface area contributed by atoms with Gasteiger partial charge in [-0.25, -0.2) is 0 Å². The van der Waals surface area contributed by atoms with Gasteiger partial charge in [-0.15, -0.1) is 0 Å². The van der Waals surface area contributed by atoms with Crippen LogP contribution < -0.4 is 28.4 Å². The van der Waals surface area contributed by atoms with Crippen molar-refractivity contribution in [1.29, 1.82) is 0 Å². The number of ether oxygens (including phenoxy) is 6. The van der Waals surface area contributed by atoms with E-state index in [0.29, 0.717) is 0 Å². The van der Waals surface area contributed by atoms with E-state index in [1.807, 2.05) is 0 Å². The number of carbonyl (C=O) groups excluding carboxylic acids is 6. The second-order valence-corrected chi connectivity index (χ2v) is 7.63. The molecule has 0 bridgehead atoms. The maximum absolute atomic E-state index is 12.0. The van der Waals surface area contributed by atoms with Gasteiger partial charge in [-0.05, 0) is 0 Å². The predicted octanol–water partition coefficient (Wildman–Crippen LogP) is 3.56. The Balaban J connectivity index is 3.14. The van der Waals surface area contributed by atoms with Crippen molar-refractivity contribution in [3.63, 3.8) is 0 Å². The van der Waals surface area contributed by atoms with Gasteiger partial charge in [-0.3, -0.25) is 28.8 Å². The molecule has 2 aromatic carbocycles. The number of hydrogen-bond donors (Lipinski definition) is 0. The molecule has 13 heteroatoms. The molecule has 0 fully saturated rings. The van der Waals surface area contributed by atoms with E-state index >= 15 is 0 Å². The lowest BCUT2D eigenvalue weighted by atomic mass is 9.99. The van der Waals surface area contributed by atoms with E-state index in [1.165, 1.54) is 0 Å². The van der Waals surface area contributed by atoms with E-state index in [4.69, 9.17) is 40.0 Å². The van der Waals surface area contributed by atoms with Crippen LogP contribution in [0.5, 0.6) is 34.5 Å². The monoisotopic (exact) mass is 536 g/mol. The molecule has 0 aromatic heterocycles. The molecule has 0 aliphatic carbocycles. The van der Waals surface area contributed by atoms with Crippen LogP contribution in [0, 0.1) is 0 Å². The molecule has 0 amide bonds. The van der Waals surface area contributed by atoms with Crippen LogP contribution in [-0.2, 0) is 28.8 Å². The summed E-state index contributed by atoms with van der Waals surface area (Å²) in [5.74, 6) is -7.11. The standard InChI is InChI=1S/C24H21ClO12/c1-10(26)32-16-7-17(33-11(2)27)21(18(8-16)34-12(3)28)22-19(35-13(4)29)9-20(36-14(5)30)23(25)24(22)37-15(6)31/h7-9H,1-6H3. The Kier molecular flexibility index (Phi) is 9.33. The molecule has 0 atom stereocenters. The highest BCUT2D eigenvalue weighted by Gasteiger charge is 2.31. The van der Waals surface area contributed by atoms with Crippen molar-refractivity contribution in [1.82, 2.24) is 0 Å². The molecular formula is C24H21ClO12. The van der Waals surface area contributed by atoms with Gasteiger partial charge in [0.1, 0.15) is 28.0 Å². The molecule has 0 unspecified atom stereocenters. The summed E-state index contributed by atoms with van der Waals surface area (Å²) < 4.78 is 31.2. The van der Waals surface area contributed by atoms with Gasteiger partial charge >= 0.3 is 35.8 Å². The summed E-state index contributed by atoms with van der Waals surface area (Å²) in [6.07, 6.45) is 0. The fraction of sp³-hybridized carbons (Fsp3) is 0.250. The quantitative estimate of drug-likeness (QED) is 0.374. The Labute approximate surface area is 215 Å². The molecule has 0 saturated heterocycles. The van der Waals surface area contributed by atoms with Crippen molar-refractivity contribution in [3.05, 3.63) is 23.2 Å². The van der Waals surface area contributed by atoms with Crippen LogP contribution in [0.1, 0.15) is 41.5 Å². The topological polar surface area (TPSA) is 158 Å². The molecule has 0 aliphatic heterocycles. The molecular weight excluding hydrogens is 516 g/mol. The molecule has 196 valence electrons. The normalized spacial score (nSPS) is 10.1. The van der Waals surface area contributed by atoms with E-state index in [2.05, 4.69) is 0 Å². The van der Waals surface area contributed by atoms with Crippen LogP contribution in [-0.4, -0.2) is 35.8 Å². The lowest BCUT2D eigenvalue weighted by Crippen LogP contribution is -2.12. The summed E-state index contributed by atoms with van der Waals surface area (Å²) in [4.78, 5) is 71.0. The molecule has 0 N–H and O–H groups in total. The fourth-order valence-corrected chi connectivity index (χ4v) is 3.26. The van der Waals surface area contributed by atoms with Crippen LogP contribution in [0.15, 0.2) is 18.2 Å². The minimum Gasteiger partial charge on any atom is -0.426 e.